The van der Waals surface area contributed by atoms with Gasteiger partial charge in [0.1, 0.15) is 12.1 Å². The van der Waals surface area contributed by atoms with E-state index in [2.05, 4.69) is 25.5 Å². The van der Waals surface area contributed by atoms with Crippen LogP contribution in [0.15, 0.2) is 36.7 Å². The number of fused-ring (bicyclic) bond motifs is 1. The fourth-order valence-corrected chi connectivity index (χ4v) is 5.45. The molecule has 0 spiro atoms. The highest BCUT2D eigenvalue weighted by Crippen LogP contribution is 2.37. The summed E-state index contributed by atoms with van der Waals surface area (Å²) in [5.41, 5.74) is 1.19. The first kappa shape index (κ1) is 27.3. The third-order valence-corrected chi connectivity index (χ3v) is 7.62. The number of anilines is 1. The largest absolute Gasteiger partial charge is 0.493 e. The quantitative estimate of drug-likeness (QED) is 0.280. The number of benzene rings is 2. The van der Waals surface area contributed by atoms with Crippen LogP contribution in [0.5, 0.6) is 23.1 Å². The van der Waals surface area contributed by atoms with Gasteiger partial charge >= 0.3 is 6.03 Å². The van der Waals surface area contributed by atoms with Crippen LogP contribution in [0.4, 0.5) is 10.5 Å². The number of ether oxygens (including phenoxy) is 3. The van der Waals surface area contributed by atoms with Crippen LogP contribution in [0.2, 0.25) is 5.02 Å². The van der Waals surface area contributed by atoms with E-state index in [0.717, 1.165) is 38.6 Å². The SMILES string of the molecule is COc1cc2c(Oc3ccc(NC(=O)NC4CCCCC4)c(Cl)c3)ncnc2cc1OCCCN1CCCC1. The Morgan fingerprint density at radius 1 is 1.05 bits per heavy atom. The average Bonchev–Trinajstić information content (AvgIpc) is 3.46. The molecule has 2 aromatic carbocycles. The van der Waals surface area contributed by atoms with Gasteiger partial charge in [-0.05, 0) is 63.4 Å². The van der Waals surface area contributed by atoms with Gasteiger partial charge in [0.25, 0.3) is 0 Å². The zero-order valence-corrected chi connectivity index (χ0v) is 23.1. The number of nitrogens with zero attached hydrogens (tertiary/aromatic N) is 3. The van der Waals surface area contributed by atoms with Gasteiger partial charge in [-0.15, -0.1) is 0 Å². The third kappa shape index (κ3) is 7.22. The lowest BCUT2D eigenvalue weighted by Crippen LogP contribution is -2.39. The van der Waals surface area contributed by atoms with Crippen molar-refractivity contribution < 1.29 is 19.0 Å². The number of methoxy groups -OCH3 is 1. The number of rotatable bonds is 10. The molecule has 2 aliphatic rings. The highest BCUT2D eigenvalue weighted by atomic mass is 35.5. The Morgan fingerprint density at radius 2 is 1.87 bits per heavy atom. The van der Waals surface area contributed by atoms with Crippen LogP contribution in [0.1, 0.15) is 51.4 Å². The molecule has 3 aromatic rings. The van der Waals surface area contributed by atoms with Gasteiger partial charge in [-0.25, -0.2) is 14.8 Å². The highest BCUT2D eigenvalue weighted by molar-refractivity contribution is 6.33. The molecule has 39 heavy (non-hydrogen) atoms. The lowest BCUT2D eigenvalue weighted by Gasteiger charge is -2.23. The van der Waals surface area contributed by atoms with E-state index >= 15 is 0 Å². The van der Waals surface area contributed by atoms with Gasteiger partial charge in [0, 0.05) is 24.7 Å². The first-order valence-corrected chi connectivity index (χ1v) is 14.2. The van der Waals surface area contributed by atoms with Gasteiger partial charge in [-0.3, -0.25) is 0 Å². The summed E-state index contributed by atoms with van der Waals surface area (Å²) in [6, 6.07) is 8.75. The summed E-state index contributed by atoms with van der Waals surface area (Å²) in [4.78, 5) is 23.6. The number of carbonyl (C=O) groups excluding carboxylic acids is 1. The number of hydrogen-bond acceptors (Lipinski definition) is 7. The Hall–Kier alpha value is -3.30. The standard InChI is InChI=1S/C29H36ClN5O4/c1-37-26-17-22-25(18-27(26)38-15-7-14-35-12-5-6-13-35)31-19-32-28(22)39-21-10-11-24(23(30)16-21)34-29(36)33-20-8-3-2-4-9-20/h10-11,16-20H,2-9,12-15H2,1H3,(H2,33,34,36). The summed E-state index contributed by atoms with van der Waals surface area (Å²) < 4.78 is 17.7. The van der Waals surface area contributed by atoms with Crippen molar-refractivity contribution in [3.05, 3.63) is 41.7 Å². The Kier molecular flexibility index (Phi) is 9.21. The first-order chi connectivity index (χ1) is 19.1. The van der Waals surface area contributed by atoms with Gasteiger partial charge in [0.15, 0.2) is 11.5 Å². The molecular weight excluding hydrogens is 518 g/mol. The van der Waals surface area contributed by atoms with Crippen LogP contribution in [-0.4, -0.2) is 60.3 Å². The van der Waals surface area contributed by atoms with Crippen molar-refractivity contribution in [2.45, 2.75) is 57.4 Å². The van der Waals surface area contributed by atoms with E-state index in [1.807, 2.05) is 12.1 Å². The third-order valence-electron chi connectivity index (χ3n) is 7.30. The molecule has 1 saturated heterocycles. The maximum Gasteiger partial charge on any atom is 0.319 e. The summed E-state index contributed by atoms with van der Waals surface area (Å²) in [5.74, 6) is 2.08. The number of likely N-dealkylation sites (tertiary alicyclic amines) is 1. The van der Waals surface area contributed by atoms with E-state index in [0.29, 0.717) is 51.3 Å². The summed E-state index contributed by atoms with van der Waals surface area (Å²) >= 11 is 6.48. The van der Waals surface area contributed by atoms with E-state index in [1.54, 1.807) is 25.3 Å². The van der Waals surface area contributed by atoms with E-state index in [1.165, 1.54) is 38.7 Å². The first-order valence-electron chi connectivity index (χ1n) is 13.8. The number of carbonyl (C=O) groups is 1. The number of aromatic nitrogens is 2. The minimum Gasteiger partial charge on any atom is -0.493 e. The van der Waals surface area contributed by atoms with Gasteiger partial charge in [-0.2, -0.15) is 0 Å². The van der Waals surface area contributed by atoms with E-state index < -0.39 is 0 Å². The molecule has 0 unspecified atom stereocenters. The second kappa shape index (κ2) is 13.2. The van der Waals surface area contributed by atoms with Crippen LogP contribution < -0.4 is 24.8 Å². The van der Waals surface area contributed by atoms with Gasteiger partial charge in [0.2, 0.25) is 5.88 Å². The number of nitrogens with one attached hydrogen (secondary N) is 2. The molecule has 2 N–H and O–H groups in total. The van der Waals surface area contributed by atoms with Crippen LogP contribution in [-0.2, 0) is 0 Å². The molecular formula is C29H36ClN5O4. The maximum absolute atomic E-state index is 12.4. The lowest BCUT2D eigenvalue weighted by atomic mass is 9.96. The van der Waals surface area contributed by atoms with Gasteiger partial charge in [0.05, 0.1) is 35.3 Å². The van der Waals surface area contributed by atoms with Crippen molar-refractivity contribution in [2.75, 3.05) is 38.7 Å². The summed E-state index contributed by atoms with van der Waals surface area (Å²) in [6.07, 6.45) is 10.5. The molecule has 1 aromatic heterocycles. The molecule has 2 fully saturated rings. The lowest BCUT2D eigenvalue weighted by molar-refractivity contribution is 0.244. The van der Waals surface area contributed by atoms with Gasteiger partial charge in [-0.1, -0.05) is 30.9 Å². The minimum atomic E-state index is -0.250. The normalized spacial score (nSPS) is 16.3. The van der Waals surface area contributed by atoms with E-state index in [-0.39, 0.29) is 12.1 Å². The van der Waals surface area contributed by atoms with E-state index in [4.69, 9.17) is 25.8 Å². The number of amides is 2. The molecule has 1 aliphatic heterocycles. The van der Waals surface area contributed by atoms with Crippen molar-refractivity contribution in [3.8, 4) is 23.1 Å². The highest BCUT2D eigenvalue weighted by Gasteiger charge is 2.18. The van der Waals surface area contributed by atoms with Crippen LogP contribution in [0.25, 0.3) is 10.9 Å². The fraction of sp³-hybridized carbons (Fsp3) is 0.483. The number of hydrogen-bond donors (Lipinski definition) is 2. The fourth-order valence-electron chi connectivity index (χ4n) is 5.23. The van der Waals surface area contributed by atoms with Crippen molar-refractivity contribution in [3.63, 3.8) is 0 Å². The minimum absolute atomic E-state index is 0.212. The molecule has 1 aliphatic carbocycles. The van der Waals surface area contributed by atoms with Crippen molar-refractivity contribution >= 4 is 34.2 Å². The predicted octanol–water partition coefficient (Wildman–Crippen LogP) is 6.40. The molecule has 5 rings (SSSR count). The molecule has 10 heteroatoms. The molecule has 208 valence electrons. The second-order valence-corrected chi connectivity index (χ2v) is 10.5. The Labute approximate surface area is 234 Å². The summed E-state index contributed by atoms with van der Waals surface area (Å²) in [7, 11) is 1.61. The second-order valence-electron chi connectivity index (χ2n) is 10.1. The van der Waals surface area contributed by atoms with Crippen LogP contribution >= 0.6 is 11.6 Å². The Bertz CT molecular complexity index is 1280. The monoisotopic (exact) mass is 553 g/mol. The zero-order chi connectivity index (χ0) is 27.0. The van der Waals surface area contributed by atoms with Crippen LogP contribution in [0, 0.1) is 0 Å². The summed E-state index contributed by atoms with van der Waals surface area (Å²) in [5, 5.41) is 6.92. The summed E-state index contributed by atoms with van der Waals surface area (Å²) in [6.45, 7) is 4.00. The van der Waals surface area contributed by atoms with Gasteiger partial charge < -0.3 is 29.7 Å². The smallest absolute Gasteiger partial charge is 0.319 e. The average molecular weight is 554 g/mol. The predicted molar refractivity (Wildman–Crippen MR) is 152 cm³/mol. The van der Waals surface area contributed by atoms with Crippen LogP contribution in [0.3, 0.4) is 0 Å². The molecule has 1 saturated carbocycles. The molecule has 0 bridgehead atoms. The number of urea groups is 1. The zero-order valence-electron chi connectivity index (χ0n) is 22.4. The van der Waals surface area contributed by atoms with Crippen molar-refractivity contribution in [1.82, 2.24) is 20.2 Å². The molecule has 0 atom stereocenters. The number of halogens is 1. The van der Waals surface area contributed by atoms with Crippen molar-refractivity contribution in [1.29, 1.82) is 0 Å². The van der Waals surface area contributed by atoms with Crippen molar-refractivity contribution in [2.24, 2.45) is 0 Å². The molecule has 0 radical (unpaired) electrons. The Balaban J connectivity index is 1.24. The topological polar surface area (TPSA) is 97.8 Å². The molecule has 2 amide bonds. The van der Waals surface area contributed by atoms with E-state index in [9.17, 15) is 4.79 Å². The maximum atomic E-state index is 12.4. The molecule has 2 heterocycles. The Morgan fingerprint density at radius 3 is 2.64 bits per heavy atom. The molecule has 9 nitrogen and oxygen atoms in total.